The summed E-state index contributed by atoms with van der Waals surface area (Å²) in [4.78, 5) is 30.8. The number of morpholine rings is 1. The van der Waals surface area contributed by atoms with Crippen molar-refractivity contribution in [2.45, 2.75) is 25.3 Å². The Hall–Kier alpha value is -1.18. The minimum Gasteiger partial charge on any atom is -0.379 e. The Labute approximate surface area is 137 Å². The van der Waals surface area contributed by atoms with Gasteiger partial charge in [-0.1, -0.05) is 0 Å². The maximum atomic E-state index is 12.5. The van der Waals surface area contributed by atoms with Crippen LogP contribution in [0.25, 0.3) is 0 Å². The highest BCUT2D eigenvalue weighted by Gasteiger charge is 2.33. The van der Waals surface area contributed by atoms with Crippen molar-refractivity contribution < 1.29 is 14.3 Å². The first kappa shape index (κ1) is 16.7. The number of piperazine rings is 1. The summed E-state index contributed by atoms with van der Waals surface area (Å²) in [5.41, 5.74) is 5.91. The van der Waals surface area contributed by atoms with Gasteiger partial charge in [-0.3, -0.25) is 14.5 Å². The topological polar surface area (TPSA) is 79.1 Å². The molecule has 0 aromatic heterocycles. The standard InChI is InChI=1S/C16H28N4O3/c17-14-2-1-13(11-14)16(22)20-5-3-19(4-6-20)15(21)12-18-7-9-23-10-8-18/h13-14H,1-12,17H2. The number of nitrogens with two attached hydrogens (primary N) is 1. The van der Waals surface area contributed by atoms with Crippen LogP contribution < -0.4 is 5.73 Å². The van der Waals surface area contributed by atoms with Crippen molar-refractivity contribution in [2.24, 2.45) is 11.7 Å². The average molecular weight is 324 g/mol. The van der Waals surface area contributed by atoms with E-state index in [2.05, 4.69) is 4.90 Å². The Kier molecular flexibility index (Phi) is 5.50. The van der Waals surface area contributed by atoms with Crippen molar-refractivity contribution in [2.75, 3.05) is 59.0 Å². The van der Waals surface area contributed by atoms with Gasteiger partial charge in [0.1, 0.15) is 0 Å². The van der Waals surface area contributed by atoms with E-state index in [0.29, 0.717) is 45.9 Å². The first-order chi connectivity index (χ1) is 11.1. The Morgan fingerprint density at radius 1 is 0.957 bits per heavy atom. The van der Waals surface area contributed by atoms with Gasteiger partial charge in [0.2, 0.25) is 11.8 Å². The lowest BCUT2D eigenvalue weighted by atomic mass is 10.1. The van der Waals surface area contributed by atoms with E-state index in [-0.39, 0.29) is 23.8 Å². The molecule has 7 heteroatoms. The van der Waals surface area contributed by atoms with Crippen LogP contribution in [0.1, 0.15) is 19.3 Å². The van der Waals surface area contributed by atoms with E-state index in [4.69, 9.17) is 10.5 Å². The molecule has 0 aromatic carbocycles. The van der Waals surface area contributed by atoms with Crippen molar-refractivity contribution in [3.63, 3.8) is 0 Å². The zero-order valence-electron chi connectivity index (χ0n) is 13.8. The minimum atomic E-state index is 0.0978. The Bertz CT molecular complexity index is 431. The number of nitrogens with zero attached hydrogens (tertiary/aromatic N) is 3. The molecular formula is C16H28N4O3. The third-order valence-corrected chi connectivity index (χ3v) is 5.23. The molecular weight excluding hydrogens is 296 g/mol. The molecule has 0 spiro atoms. The third-order valence-electron chi connectivity index (χ3n) is 5.23. The molecule has 2 atom stereocenters. The molecule has 130 valence electrons. The molecule has 2 N–H and O–H groups in total. The fraction of sp³-hybridized carbons (Fsp3) is 0.875. The number of hydrogen-bond donors (Lipinski definition) is 1. The highest BCUT2D eigenvalue weighted by Crippen LogP contribution is 2.26. The summed E-state index contributed by atoms with van der Waals surface area (Å²) in [6.45, 7) is 6.13. The van der Waals surface area contributed by atoms with Crippen molar-refractivity contribution in [3.8, 4) is 0 Å². The largest absolute Gasteiger partial charge is 0.379 e. The summed E-state index contributed by atoms with van der Waals surface area (Å²) in [5.74, 6) is 0.501. The van der Waals surface area contributed by atoms with Crippen LogP contribution in [-0.4, -0.2) is 91.6 Å². The van der Waals surface area contributed by atoms with E-state index in [9.17, 15) is 9.59 Å². The Morgan fingerprint density at radius 2 is 1.61 bits per heavy atom. The number of carbonyl (C=O) groups excluding carboxylic acids is 2. The molecule has 2 amide bonds. The molecule has 3 fully saturated rings. The highest BCUT2D eigenvalue weighted by molar-refractivity contribution is 5.81. The van der Waals surface area contributed by atoms with Gasteiger partial charge in [-0.05, 0) is 19.3 Å². The van der Waals surface area contributed by atoms with E-state index >= 15 is 0 Å². The van der Waals surface area contributed by atoms with Gasteiger partial charge in [0, 0.05) is 51.2 Å². The van der Waals surface area contributed by atoms with Gasteiger partial charge >= 0.3 is 0 Å². The van der Waals surface area contributed by atoms with Crippen LogP contribution in [0.3, 0.4) is 0 Å². The van der Waals surface area contributed by atoms with Crippen LogP contribution in [0.2, 0.25) is 0 Å². The number of hydrogen-bond acceptors (Lipinski definition) is 5. The van der Waals surface area contributed by atoms with Crippen LogP contribution in [-0.2, 0) is 14.3 Å². The van der Waals surface area contributed by atoms with Crippen LogP contribution in [0.5, 0.6) is 0 Å². The van der Waals surface area contributed by atoms with Gasteiger partial charge in [0.15, 0.2) is 0 Å². The van der Waals surface area contributed by atoms with E-state index in [1.54, 1.807) is 0 Å². The minimum absolute atomic E-state index is 0.0978. The Balaban J connectivity index is 1.42. The molecule has 0 bridgehead atoms. The summed E-state index contributed by atoms with van der Waals surface area (Å²) < 4.78 is 5.30. The number of carbonyl (C=O) groups is 2. The van der Waals surface area contributed by atoms with Gasteiger partial charge in [-0.2, -0.15) is 0 Å². The molecule has 1 aliphatic carbocycles. The van der Waals surface area contributed by atoms with Crippen molar-refractivity contribution in [3.05, 3.63) is 0 Å². The molecule has 2 saturated heterocycles. The second kappa shape index (κ2) is 7.59. The maximum Gasteiger partial charge on any atom is 0.236 e. The maximum absolute atomic E-state index is 12.5. The van der Waals surface area contributed by atoms with Gasteiger partial charge in [0.05, 0.1) is 19.8 Å². The van der Waals surface area contributed by atoms with E-state index < -0.39 is 0 Å². The Morgan fingerprint density at radius 3 is 2.22 bits per heavy atom. The van der Waals surface area contributed by atoms with E-state index in [0.717, 1.165) is 32.4 Å². The predicted octanol–water partition coefficient (Wildman–Crippen LogP) is -0.883. The fourth-order valence-electron chi connectivity index (χ4n) is 3.73. The van der Waals surface area contributed by atoms with Gasteiger partial charge in [0.25, 0.3) is 0 Å². The normalized spacial score (nSPS) is 29.8. The second-order valence-corrected chi connectivity index (χ2v) is 6.86. The van der Waals surface area contributed by atoms with Crippen LogP contribution >= 0.6 is 0 Å². The summed E-state index contributed by atoms with van der Waals surface area (Å²) in [7, 11) is 0. The molecule has 2 unspecified atom stereocenters. The van der Waals surface area contributed by atoms with E-state index in [1.807, 2.05) is 9.80 Å². The number of ether oxygens (including phenoxy) is 1. The highest BCUT2D eigenvalue weighted by atomic mass is 16.5. The summed E-state index contributed by atoms with van der Waals surface area (Å²) in [5, 5.41) is 0. The average Bonchev–Trinajstić information content (AvgIpc) is 3.02. The number of rotatable bonds is 3. The molecule has 23 heavy (non-hydrogen) atoms. The van der Waals surface area contributed by atoms with Crippen molar-refractivity contribution >= 4 is 11.8 Å². The lowest BCUT2D eigenvalue weighted by molar-refractivity contribution is -0.143. The van der Waals surface area contributed by atoms with Crippen molar-refractivity contribution in [1.29, 1.82) is 0 Å². The number of amides is 2. The zero-order chi connectivity index (χ0) is 16.2. The zero-order valence-corrected chi connectivity index (χ0v) is 13.8. The first-order valence-electron chi connectivity index (χ1n) is 8.75. The first-order valence-corrected chi connectivity index (χ1v) is 8.75. The molecule has 0 radical (unpaired) electrons. The lowest BCUT2D eigenvalue weighted by Gasteiger charge is -2.37. The summed E-state index contributed by atoms with van der Waals surface area (Å²) >= 11 is 0. The molecule has 7 nitrogen and oxygen atoms in total. The lowest BCUT2D eigenvalue weighted by Crippen LogP contribution is -2.54. The molecule has 0 aromatic rings. The predicted molar refractivity (Wildman–Crippen MR) is 85.7 cm³/mol. The molecule has 2 aliphatic heterocycles. The van der Waals surface area contributed by atoms with Gasteiger partial charge < -0.3 is 20.3 Å². The quantitative estimate of drug-likeness (QED) is 0.729. The van der Waals surface area contributed by atoms with Crippen molar-refractivity contribution in [1.82, 2.24) is 14.7 Å². The van der Waals surface area contributed by atoms with Gasteiger partial charge in [-0.25, -0.2) is 0 Å². The second-order valence-electron chi connectivity index (χ2n) is 6.86. The summed E-state index contributed by atoms with van der Waals surface area (Å²) in [6.07, 6.45) is 2.68. The van der Waals surface area contributed by atoms with E-state index in [1.165, 1.54) is 0 Å². The van der Waals surface area contributed by atoms with Crippen LogP contribution in [0.4, 0.5) is 0 Å². The van der Waals surface area contributed by atoms with Gasteiger partial charge in [-0.15, -0.1) is 0 Å². The molecule has 3 rings (SSSR count). The third kappa shape index (κ3) is 4.22. The SMILES string of the molecule is NC1CCC(C(=O)N2CCN(C(=O)CN3CCOCC3)CC2)C1. The smallest absolute Gasteiger partial charge is 0.236 e. The van der Waals surface area contributed by atoms with Crippen LogP contribution in [0.15, 0.2) is 0 Å². The summed E-state index contributed by atoms with van der Waals surface area (Å²) in [6, 6.07) is 0.181. The fourth-order valence-corrected chi connectivity index (χ4v) is 3.73. The van der Waals surface area contributed by atoms with Crippen LogP contribution in [0, 0.1) is 5.92 Å². The molecule has 3 aliphatic rings. The molecule has 1 saturated carbocycles. The monoisotopic (exact) mass is 324 g/mol. The molecule has 2 heterocycles.